The van der Waals surface area contributed by atoms with E-state index in [9.17, 15) is 25.2 Å². The number of aliphatic hydroxyl groups excluding tert-OH is 4. The summed E-state index contributed by atoms with van der Waals surface area (Å²) in [5.74, 6) is 0.529. The molecule has 2 aliphatic carbocycles. The summed E-state index contributed by atoms with van der Waals surface area (Å²) in [7, 11) is -25.1. The molecule has 8 unspecified atom stereocenters. The Balaban J connectivity index is 0.000000611. The second-order valence-corrected chi connectivity index (χ2v) is 81.4. The normalized spacial score (nSPS) is 23.8. The molecule has 2 saturated heterocycles. The third-order valence-electron chi connectivity index (χ3n) is 16.7. The zero-order valence-corrected chi connectivity index (χ0v) is 77.8. The third kappa shape index (κ3) is 41.3. The lowest BCUT2D eigenvalue weighted by Crippen LogP contribution is -2.61. The molecular weight excluding hydrogens is 1390 g/mol. The minimum Gasteiger partial charge on any atom is -0.437 e. The molecule has 2 heterocycles. The van der Waals surface area contributed by atoms with Gasteiger partial charge in [-0.1, -0.05) is 71.5 Å². The van der Waals surface area contributed by atoms with Crippen LogP contribution in [0, 0.1) is 11.8 Å². The lowest BCUT2D eigenvalue weighted by atomic mass is 9.80. The Kier molecular flexibility index (Phi) is 39.4. The Bertz CT molecular complexity index is 2080. The van der Waals surface area contributed by atoms with Crippen molar-refractivity contribution in [3.8, 4) is 0 Å². The van der Waals surface area contributed by atoms with Gasteiger partial charge in [0, 0.05) is 120 Å². The number of hydrogen-bond donors (Lipinski definition) is 5. The van der Waals surface area contributed by atoms with Crippen molar-refractivity contribution in [2.24, 2.45) is 11.8 Å². The number of piperazine rings is 2. The van der Waals surface area contributed by atoms with Gasteiger partial charge in [0.1, 0.15) is 0 Å². The van der Waals surface area contributed by atoms with Crippen LogP contribution in [-0.2, 0) is 46.8 Å². The van der Waals surface area contributed by atoms with Crippen molar-refractivity contribution < 1.29 is 72.0 Å². The van der Waals surface area contributed by atoms with E-state index in [1.165, 1.54) is 12.5 Å². The summed E-state index contributed by atoms with van der Waals surface area (Å²) < 4.78 is 70.2. The van der Waals surface area contributed by atoms with Gasteiger partial charge in [-0.15, -0.1) is 0 Å². The maximum Gasteiger partial charge on any atom is 0.322 e. The first-order chi connectivity index (χ1) is 42.6. The molecule has 0 radical (unpaired) electrons. The van der Waals surface area contributed by atoms with Crippen LogP contribution in [-0.4, -0.2) is 282 Å². The summed E-state index contributed by atoms with van der Waals surface area (Å²) in [6.45, 7) is 71.0. The largest absolute Gasteiger partial charge is 0.437 e. The van der Waals surface area contributed by atoms with Crippen molar-refractivity contribution in [1.82, 2.24) is 19.6 Å². The van der Waals surface area contributed by atoms with Crippen molar-refractivity contribution >= 4 is 102 Å². The van der Waals surface area contributed by atoms with Crippen LogP contribution in [0.2, 0.25) is 189 Å². The number of nitrogens with zero attached hydrogens (tertiary/aromatic N) is 4. The van der Waals surface area contributed by atoms with Crippen molar-refractivity contribution in [2.75, 3.05) is 98.5 Å². The lowest BCUT2D eigenvalue weighted by molar-refractivity contribution is -0.0695. The molecule has 0 spiro atoms. The fourth-order valence-corrected chi connectivity index (χ4v) is 60.8. The molecule has 0 aromatic heterocycles. The maximum atomic E-state index is 11.6. The lowest BCUT2D eigenvalue weighted by Gasteiger charge is -2.48. The fourth-order valence-electron chi connectivity index (χ4n) is 14.4. The number of rotatable bonds is 38. The molecule has 32 heteroatoms. The SMILES string of the molecule is CCC1CCCC(N2CCN(C3CCCC(CO[Si](C)(C)O[Si](C)(C)O[Si](C)(C)O[Si](C)(C)O[Si](C)(C)O[Si](C)(C)C)C3O)CC2)C1O.C[SiH](C)C.C[Si](C)(C)CCCOCC(O)CN1CCN(CC(O)COCCC[Si](C)(C)O[Si](C)(C)O[Si](C)(C)O[Si](C)(C)O)CC1. The molecule has 2 saturated carbocycles. The van der Waals surface area contributed by atoms with Crippen molar-refractivity contribution in [3.05, 3.63) is 0 Å². The van der Waals surface area contributed by atoms with Gasteiger partial charge in [0.05, 0.1) is 37.6 Å². The molecule has 0 aromatic carbocycles. The van der Waals surface area contributed by atoms with E-state index >= 15 is 0 Å². The highest BCUT2D eigenvalue weighted by Crippen LogP contribution is 2.35. The van der Waals surface area contributed by atoms with Crippen LogP contribution < -0.4 is 0 Å². The predicted octanol–water partition coefficient (Wildman–Crippen LogP) is 11.4. The Hall–Kier alpha value is 1.80. The molecule has 4 aliphatic rings. The van der Waals surface area contributed by atoms with Crippen LogP contribution in [0.25, 0.3) is 0 Å². The van der Waals surface area contributed by atoms with Crippen molar-refractivity contribution in [1.29, 1.82) is 0 Å². The van der Waals surface area contributed by atoms with Gasteiger partial charge in [-0.05, 0) is 188 Å². The summed E-state index contributed by atoms with van der Waals surface area (Å²) in [6.07, 6.45) is 8.01. The van der Waals surface area contributed by atoms with Crippen LogP contribution in [0.1, 0.15) is 64.7 Å². The fraction of sp³-hybridized carbons (Fsp3) is 1.00. The highest BCUT2D eigenvalue weighted by molar-refractivity contribution is 6.91. The van der Waals surface area contributed by atoms with E-state index in [0.717, 1.165) is 116 Å². The summed E-state index contributed by atoms with van der Waals surface area (Å²) in [5, 5.41) is 43.5. The highest BCUT2D eigenvalue weighted by atomic mass is 28.5. The van der Waals surface area contributed by atoms with Gasteiger partial charge in [-0.2, -0.15) is 0 Å². The van der Waals surface area contributed by atoms with Gasteiger partial charge in [-0.25, -0.2) is 0 Å². The van der Waals surface area contributed by atoms with E-state index in [0.29, 0.717) is 45.4 Å². The van der Waals surface area contributed by atoms with Gasteiger partial charge < -0.3 is 72.0 Å². The molecule has 20 nitrogen and oxygen atoms in total. The molecular formula is C62H150N4O16Si12. The summed E-state index contributed by atoms with van der Waals surface area (Å²) in [5.41, 5.74) is 0. The summed E-state index contributed by atoms with van der Waals surface area (Å²) in [6, 6.07) is 2.66. The van der Waals surface area contributed by atoms with Gasteiger partial charge in [0.15, 0.2) is 16.6 Å². The molecule has 2 aliphatic heterocycles. The average molecular weight is 1540 g/mol. The number of aliphatic hydroxyl groups is 4. The van der Waals surface area contributed by atoms with E-state index in [1.54, 1.807) is 13.1 Å². The molecule has 8 atom stereocenters. The minimum absolute atomic E-state index is 0.0947. The zero-order chi connectivity index (χ0) is 72.2. The summed E-state index contributed by atoms with van der Waals surface area (Å²) in [4.78, 5) is 19.8. The summed E-state index contributed by atoms with van der Waals surface area (Å²) >= 11 is 0. The van der Waals surface area contributed by atoms with E-state index < -0.39 is 112 Å². The Morgan fingerprint density at radius 1 is 0.436 bits per heavy atom. The quantitative estimate of drug-likeness (QED) is 0.0287. The van der Waals surface area contributed by atoms with Crippen LogP contribution in [0.4, 0.5) is 0 Å². The number of β-amino-alcohol motifs (C(OH)–C–C–N with tert-alkyl or cyclic N) is 2. The highest BCUT2D eigenvalue weighted by Gasteiger charge is 2.49. The van der Waals surface area contributed by atoms with E-state index in [-0.39, 0.29) is 32.9 Å². The number of ether oxygens (including phenoxy) is 2. The van der Waals surface area contributed by atoms with Gasteiger partial charge in [-0.3, -0.25) is 19.6 Å². The van der Waals surface area contributed by atoms with Crippen molar-refractivity contribution in [2.45, 2.75) is 290 Å². The standard InChI is InChI=1S/C32H74N2O8Si6.C27H66N2O8Si5.C3H10Si/c1-15-27-18-16-20-29(31(27)35)33-22-24-34(25-23-33)30-21-17-19-28(32(30)36)26-37-44(5,6)39-46(9,10)41-48(13,14)42-47(11,12)40-45(7,8)38-43(2,3)4;1-38(2,3)20-12-18-33-24-26(30)22-28-14-16-29(17-15-28)23-27(31)25-34-19-13-21-39(4,5)35-41(8,9)37-42(10,11)36-40(6,7)32;1-4(2)3/h27-32,35-36H,15-26H2,1-14H3;26-27,30-32H,12-25H2,1-11H3;4H,1-3H3. The smallest absolute Gasteiger partial charge is 0.322 e. The Morgan fingerprint density at radius 2 is 0.777 bits per heavy atom. The molecule has 562 valence electrons. The van der Waals surface area contributed by atoms with Gasteiger partial charge in [0.25, 0.3) is 0 Å². The van der Waals surface area contributed by atoms with Gasteiger partial charge >= 0.3 is 68.5 Å². The first-order valence-corrected chi connectivity index (χ1v) is 72.7. The van der Waals surface area contributed by atoms with E-state index in [4.69, 9.17) is 46.8 Å². The molecule has 0 bridgehead atoms. The molecule has 4 fully saturated rings. The second kappa shape index (κ2) is 40.3. The monoisotopic (exact) mass is 1540 g/mol. The molecule has 0 amide bonds. The molecule has 4 rings (SSSR count). The maximum absolute atomic E-state index is 11.6. The topological polar surface area (TPSA) is 216 Å². The molecule has 94 heavy (non-hydrogen) atoms. The third-order valence-corrected chi connectivity index (χ3v) is 53.2. The van der Waals surface area contributed by atoms with Crippen LogP contribution in [0.5, 0.6) is 0 Å². The number of hydrogen-bond acceptors (Lipinski definition) is 20. The van der Waals surface area contributed by atoms with Crippen LogP contribution >= 0.6 is 0 Å². The predicted molar refractivity (Wildman–Crippen MR) is 419 cm³/mol. The minimum atomic E-state index is -2.67. The Morgan fingerprint density at radius 3 is 1.15 bits per heavy atom. The van der Waals surface area contributed by atoms with Crippen molar-refractivity contribution in [3.63, 3.8) is 0 Å². The average Bonchev–Trinajstić information content (AvgIpc) is 0.850. The zero-order valence-electron chi connectivity index (χ0n) is 65.6. The molecule has 0 aromatic rings. The second-order valence-electron chi connectivity index (χ2n) is 34.8. The van der Waals surface area contributed by atoms with Crippen LogP contribution in [0.15, 0.2) is 0 Å². The Labute approximate surface area is 590 Å². The van der Waals surface area contributed by atoms with Gasteiger partial charge in [0.2, 0.25) is 0 Å². The van der Waals surface area contributed by atoms with E-state index in [2.05, 4.69) is 177 Å². The van der Waals surface area contributed by atoms with Crippen LogP contribution in [0.3, 0.4) is 0 Å². The first kappa shape index (κ1) is 91.9. The first-order valence-electron chi connectivity index (χ1n) is 36.4. The molecule has 5 N–H and O–H groups in total. The van der Waals surface area contributed by atoms with E-state index in [1.807, 2.05) is 13.1 Å².